The normalized spacial score (nSPS) is 20.7. The van der Waals surface area contributed by atoms with E-state index in [1.54, 1.807) is 6.08 Å². The molecular weight excluding hydrogens is 210 g/mol. The van der Waals surface area contributed by atoms with Crippen LogP contribution in [-0.2, 0) is 16.4 Å². The van der Waals surface area contributed by atoms with Gasteiger partial charge >= 0.3 is 0 Å². The van der Waals surface area contributed by atoms with Gasteiger partial charge in [-0.15, -0.1) is 0 Å². The number of hydrogen-bond donors (Lipinski definition) is 1. The average molecular weight is 223 g/mol. The van der Waals surface area contributed by atoms with Crippen LogP contribution in [0.15, 0.2) is 35.7 Å². The number of sulfonamides is 1. The molecule has 0 aliphatic heterocycles. The van der Waals surface area contributed by atoms with Gasteiger partial charge in [-0.3, -0.25) is 0 Å². The summed E-state index contributed by atoms with van der Waals surface area (Å²) < 4.78 is 21.6. The highest BCUT2D eigenvalue weighted by molar-refractivity contribution is 7.92. The van der Waals surface area contributed by atoms with Crippen molar-refractivity contribution in [2.75, 3.05) is 0 Å². The summed E-state index contributed by atoms with van der Waals surface area (Å²) in [5, 5.41) is 6.02. The Kier molecular flexibility index (Phi) is 2.63. The SMILES string of the molecule is NS(=O)(=O)C=CC1CCc2ccccc21. The molecule has 1 unspecified atom stereocenters. The van der Waals surface area contributed by atoms with Crippen molar-refractivity contribution in [3.63, 3.8) is 0 Å². The lowest BCUT2D eigenvalue weighted by Gasteiger charge is -2.04. The molecule has 1 atom stereocenters. The summed E-state index contributed by atoms with van der Waals surface area (Å²) in [6.45, 7) is 0. The molecule has 15 heavy (non-hydrogen) atoms. The van der Waals surface area contributed by atoms with Crippen LogP contribution < -0.4 is 5.14 Å². The molecule has 0 aromatic heterocycles. The molecule has 1 aromatic carbocycles. The molecule has 4 heteroatoms. The molecule has 3 nitrogen and oxygen atoms in total. The van der Waals surface area contributed by atoms with Crippen molar-refractivity contribution in [3.05, 3.63) is 46.9 Å². The van der Waals surface area contributed by atoms with Crippen LogP contribution in [0.5, 0.6) is 0 Å². The minimum Gasteiger partial charge on any atom is -0.225 e. The molecule has 1 aliphatic carbocycles. The molecule has 0 bridgehead atoms. The van der Waals surface area contributed by atoms with Gasteiger partial charge in [0.05, 0.1) is 0 Å². The van der Waals surface area contributed by atoms with Gasteiger partial charge < -0.3 is 0 Å². The average Bonchev–Trinajstić information content (AvgIpc) is 2.57. The molecule has 1 aliphatic rings. The maximum atomic E-state index is 10.8. The molecular formula is C11H13NO2S. The molecule has 80 valence electrons. The van der Waals surface area contributed by atoms with Gasteiger partial charge in [0.1, 0.15) is 0 Å². The highest BCUT2D eigenvalue weighted by atomic mass is 32.2. The lowest BCUT2D eigenvalue weighted by Crippen LogP contribution is -2.07. The Morgan fingerprint density at radius 3 is 2.80 bits per heavy atom. The van der Waals surface area contributed by atoms with Crippen LogP contribution in [0.2, 0.25) is 0 Å². The van der Waals surface area contributed by atoms with Crippen molar-refractivity contribution in [1.29, 1.82) is 0 Å². The van der Waals surface area contributed by atoms with E-state index >= 15 is 0 Å². The Hall–Kier alpha value is -1.13. The van der Waals surface area contributed by atoms with Gasteiger partial charge in [-0.25, -0.2) is 13.6 Å². The van der Waals surface area contributed by atoms with Crippen molar-refractivity contribution in [3.8, 4) is 0 Å². The number of nitrogens with two attached hydrogens (primary N) is 1. The zero-order chi connectivity index (χ0) is 10.9. The van der Waals surface area contributed by atoms with Crippen LogP contribution >= 0.6 is 0 Å². The number of aryl methyl sites for hydroxylation is 1. The van der Waals surface area contributed by atoms with Crippen molar-refractivity contribution in [2.45, 2.75) is 18.8 Å². The van der Waals surface area contributed by atoms with E-state index in [4.69, 9.17) is 5.14 Å². The smallest absolute Gasteiger partial charge is 0.225 e. The second-order valence-electron chi connectivity index (χ2n) is 3.76. The van der Waals surface area contributed by atoms with E-state index in [0.29, 0.717) is 0 Å². The number of primary sulfonamides is 1. The number of benzene rings is 1. The van der Waals surface area contributed by atoms with E-state index in [1.165, 1.54) is 11.1 Å². The first-order chi connectivity index (χ1) is 7.06. The molecule has 2 rings (SSSR count). The number of fused-ring (bicyclic) bond motifs is 1. The zero-order valence-corrected chi connectivity index (χ0v) is 9.07. The molecule has 0 spiro atoms. The molecule has 0 saturated carbocycles. The Morgan fingerprint density at radius 2 is 2.07 bits per heavy atom. The van der Waals surface area contributed by atoms with Gasteiger partial charge in [0, 0.05) is 11.3 Å². The van der Waals surface area contributed by atoms with Crippen LogP contribution in [0.3, 0.4) is 0 Å². The Morgan fingerprint density at radius 1 is 1.33 bits per heavy atom. The third kappa shape index (κ3) is 2.46. The number of hydrogen-bond acceptors (Lipinski definition) is 2. The van der Waals surface area contributed by atoms with E-state index in [2.05, 4.69) is 6.07 Å². The van der Waals surface area contributed by atoms with Crippen molar-refractivity contribution < 1.29 is 8.42 Å². The predicted octanol–water partition coefficient (Wildman–Crippen LogP) is 1.52. The van der Waals surface area contributed by atoms with E-state index in [0.717, 1.165) is 18.2 Å². The summed E-state index contributed by atoms with van der Waals surface area (Å²) in [5.41, 5.74) is 2.53. The first-order valence-corrected chi connectivity index (χ1v) is 6.46. The fourth-order valence-corrected chi connectivity index (χ4v) is 2.40. The van der Waals surface area contributed by atoms with Crippen molar-refractivity contribution in [2.24, 2.45) is 5.14 Å². The van der Waals surface area contributed by atoms with Crippen LogP contribution in [-0.4, -0.2) is 8.42 Å². The standard InChI is InChI=1S/C11H13NO2S/c12-15(13,14)8-7-10-6-5-9-3-1-2-4-11(9)10/h1-4,7-8,10H,5-6H2,(H2,12,13,14). The Balaban J connectivity index is 2.25. The number of allylic oxidation sites excluding steroid dienone is 1. The first-order valence-electron chi connectivity index (χ1n) is 4.85. The van der Waals surface area contributed by atoms with Gasteiger partial charge in [0.15, 0.2) is 0 Å². The second kappa shape index (κ2) is 3.79. The highest BCUT2D eigenvalue weighted by Crippen LogP contribution is 2.33. The Labute approximate surface area is 89.7 Å². The molecule has 2 N–H and O–H groups in total. The fourth-order valence-electron chi connectivity index (χ4n) is 1.99. The van der Waals surface area contributed by atoms with Crippen molar-refractivity contribution >= 4 is 10.0 Å². The van der Waals surface area contributed by atoms with E-state index in [-0.39, 0.29) is 5.92 Å². The van der Waals surface area contributed by atoms with Crippen LogP contribution in [0, 0.1) is 0 Å². The lowest BCUT2D eigenvalue weighted by molar-refractivity contribution is 0.606. The van der Waals surface area contributed by atoms with Crippen LogP contribution in [0.25, 0.3) is 0 Å². The van der Waals surface area contributed by atoms with E-state index in [9.17, 15) is 8.42 Å². The van der Waals surface area contributed by atoms with Gasteiger partial charge in [-0.2, -0.15) is 0 Å². The highest BCUT2D eigenvalue weighted by Gasteiger charge is 2.19. The summed E-state index contributed by atoms with van der Waals surface area (Å²) >= 11 is 0. The zero-order valence-electron chi connectivity index (χ0n) is 8.26. The summed E-state index contributed by atoms with van der Waals surface area (Å²) in [6.07, 6.45) is 3.66. The minimum absolute atomic E-state index is 0.194. The molecule has 0 heterocycles. The maximum absolute atomic E-state index is 10.8. The predicted molar refractivity (Wildman–Crippen MR) is 59.8 cm³/mol. The summed E-state index contributed by atoms with van der Waals surface area (Å²) in [4.78, 5) is 0. The summed E-state index contributed by atoms with van der Waals surface area (Å²) in [6, 6.07) is 8.10. The quantitative estimate of drug-likeness (QED) is 0.826. The Bertz CT molecular complexity index is 491. The van der Waals surface area contributed by atoms with Gasteiger partial charge in [0.25, 0.3) is 0 Å². The second-order valence-corrected chi connectivity index (χ2v) is 5.21. The summed E-state index contributed by atoms with van der Waals surface area (Å²) in [7, 11) is -3.49. The lowest BCUT2D eigenvalue weighted by atomic mass is 10.0. The fraction of sp³-hybridized carbons (Fsp3) is 0.273. The molecule has 1 aromatic rings. The number of rotatable bonds is 2. The van der Waals surface area contributed by atoms with Crippen LogP contribution in [0.1, 0.15) is 23.5 Å². The van der Waals surface area contributed by atoms with Crippen molar-refractivity contribution in [1.82, 2.24) is 0 Å². The molecule has 0 amide bonds. The molecule has 0 radical (unpaired) electrons. The topological polar surface area (TPSA) is 60.2 Å². The summed E-state index contributed by atoms with van der Waals surface area (Å²) in [5.74, 6) is 0.194. The van der Waals surface area contributed by atoms with E-state index in [1.807, 2.05) is 18.2 Å². The third-order valence-corrected chi connectivity index (χ3v) is 3.22. The van der Waals surface area contributed by atoms with Gasteiger partial charge in [0.2, 0.25) is 10.0 Å². The van der Waals surface area contributed by atoms with Crippen LogP contribution in [0.4, 0.5) is 0 Å². The molecule has 0 saturated heterocycles. The largest absolute Gasteiger partial charge is 0.230 e. The molecule has 0 fully saturated rings. The first kappa shape index (κ1) is 10.4. The minimum atomic E-state index is -3.49. The monoisotopic (exact) mass is 223 g/mol. The third-order valence-electron chi connectivity index (χ3n) is 2.68. The maximum Gasteiger partial charge on any atom is 0.230 e. The van der Waals surface area contributed by atoms with E-state index < -0.39 is 10.0 Å². The van der Waals surface area contributed by atoms with Gasteiger partial charge in [-0.05, 0) is 24.0 Å². The van der Waals surface area contributed by atoms with Gasteiger partial charge in [-0.1, -0.05) is 30.3 Å².